The summed E-state index contributed by atoms with van der Waals surface area (Å²) in [6, 6.07) is 6.77. The third-order valence-corrected chi connectivity index (χ3v) is 3.71. The van der Waals surface area contributed by atoms with Crippen LogP contribution < -0.4 is 0 Å². The summed E-state index contributed by atoms with van der Waals surface area (Å²) in [4.78, 5) is 8.77. The van der Waals surface area contributed by atoms with Crippen molar-refractivity contribution in [2.75, 3.05) is 0 Å². The molecule has 20 heavy (non-hydrogen) atoms. The summed E-state index contributed by atoms with van der Waals surface area (Å²) in [6.45, 7) is 1.94. The number of nitrogens with zero attached hydrogens (tertiary/aromatic N) is 3. The number of aromatic nitrogens is 3. The number of pyridine rings is 1. The highest BCUT2D eigenvalue weighted by Gasteiger charge is 2.16. The van der Waals surface area contributed by atoms with E-state index < -0.39 is 0 Å². The molecule has 0 saturated heterocycles. The maximum Gasteiger partial charge on any atom is 0.164 e. The number of hydrogen-bond donors (Lipinski definition) is 0. The second-order valence-corrected chi connectivity index (χ2v) is 5.63. The van der Waals surface area contributed by atoms with Crippen LogP contribution in [0.3, 0.4) is 0 Å². The van der Waals surface area contributed by atoms with Crippen LogP contribution in [0.4, 0.5) is 4.39 Å². The number of benzene rings is 1. The predicted octanol–water partition coefficient (Wildman–Crippen LogP) is 4.37. The number of hydrogen-bond acceptors (Lipinski definition) is 2. The molecule has 0 saturated carbocycles. The van der Waals surface area contributed by atoms with Crippen LogP contribution >= 0.6 is 27.5 Å². The van der Waals surface area contributed by atoms with Crippen LogP contribution in [-0.2, 0) is 5.88 Å². The minimum absolute atomic E-state index is 0.185. The summed E-state index contributed by atoms with van der Waals surface area (Å²) >= 11 is 9.18. The SMILES string of the molecule is Cc1cnc2c(c1)nc(CCl)n2-c1ccc(Br)cc1F. The Balaban J connectivity index is 2.34. The van der Waals surface area contributed by atoms with Crippen molar-refractivity contribution in [2.24, 2.45) is 0 Å². The second kappa shape index (κ2) is 5.14. The van der Waals surface area contributed by atoms with Crippen molar-refractivity contribution in [3.05, 3.63) is 52.1 Å². The fourth-order valence-corrected chi connectivity index (χ4v) is 2.63. The summed E-state index contributed by atoms with van der Waals surface area (Å²) in [5.74, 6) is 0.402. The van der Waals surface area contributed by atoms with E-state index in [0.29, 0.717) is 27.1 Å². The van der Waals surface area contributed by atoms with Gasteiger partial charge < -0.3 is 0 Å². The van der Waals surface area contributed by atoms with Gasteiger partial charge in [-0.15, -0.1) is 11.6 Å². The van der Waals surface area contributed by atoms with Gasteiger partial charge in [-0.05, 0) is 36.8 Å². The van der Waals surface area contributed by atoms with Gasteiger partial charge in [-0.1, -0.05) is 15.9 Å². The molecule has 0 unspecified atom stereocenters. The van der Waals surface area contributed by atoms with Crippen LogP contribution in [-0.4, -0.2) is 14.5 Å². The number of imidazole rings is 1. The minimum Gasteiger partial charge on any atom is -0.277 e. The topological polar surface area (TPSA) is 30.7 Å². The Kier molecular flexibility index (Phi) is 3.48. The summed E-state index contributed by atoms with van der Waals surface area (Å²) in [5, 5.41) is 0. The number of rotatable bonds is 2. The average molecular weight is 355 g/mol. The maximum atomic E-state index is 14.2. The summed E-state index contributed by atoms with van der Waals surface area (Å²) in [7, 11) is 0. The Bertz CT molecular complexity index is 800. The molecule has 1 aromatic carbocycles. The third-order valence-electron chi connectivity index (χ3n) is 2.97. The van der Waals surface area contributed by atoms with Gasteiger partial charge in [0.2, 0.25) is 0 Å². The molecule has 0 amide bonds. The van der Waals surface area contributed by atoms with E-state index in [1.807, 2.05) is 13.0 Å². The van der Waals surface area contributed by atoms with Crippen LogP contribution in [0.15, 0.2) is 34.9 Å². The van der Waals surface area contributed by atoms with E-state index in [2.05, 4.69) is 25.9 Å². The Hall–Kier alpha value is -1.46. The van der Waals surface area contributed by atoms with Crippen molar-refractivity contribution in [3.63, 3.8) is 0 Å². The molecule has 0 N–H and O–H groups in total. The van der Waals surface area contributed by atoms with Gasteiger partial charge in [-0.3, -0.25) is 4.57 Å². The van der Waals surface area contributed by atoms with E-state index in [0.717, 1.165) is 5.56 Å². The van der Waals surface area contributed by atoms with Gasteiger partial charge >= 0.3 is 0 Å². The molecule has 2 heterocycles. The average Bonchev–Trinajstić information content (AvgIpc) is 2.76. The lowest BCUT2D eigenvalue weighted by Crippen LogP contribution is -2.03. The monoisotopic (exact) mass is 353 g/mol. The minimum atomic E-state index is -0.354. The fourth-order valence-electron chi connectivity index (χ4n) is 2.12. The smallest absolute Gasteiger partial charge is 0.164 e. The molecule has 102 valence electrons. The van der Waals surface area contributed by atoms with Crippen LogP contribution in [0.1, 0.15) is 11.4 Å². The fraction of sp³-hybridized carbons (Fsp3) is 0.143. The molecule has 3 aromatic rings. The zero-order valence-corrected chi connectivity index (χ0v) is 12.9. The molecule has 2 aromatic heterocycles. The quantitative estimate of drug-likeness (QED) is 0.640. The standard InChI is InChI=1S/C14H10BrClFN3/c1-8-4-11-14(18-7-8)20(13(6-16)19-11)12-3-2-9(15)5-10(12)17/h2-5,7H,6H2,1H3. The molecular formula is C14H10BrClFN3. The summed E-state index contributed by atoms with van der Waals surface area (Å²) in [5.41, 5.74) is 2.71. The van der Waals surface area contributed by atoms with Gasteiger partial charge in [-0.2, -0.15) is 0 Å². The first-order chi connectivity index (χ1) is 9.60. The van der Waals surface area contributed by atoms with Crippen molar-refractivity contribution in [3.8, 4) is 5.69 Å². The van der Waals surface area contributed by atoms with Crippen molar-refractivity contribution in [1.29, 1.82) is 0 Å². The van der Waals surface area contributed by atoms with Crippen LogP contribution in [0.25, 0.3) is 16.9 Å². The first-order valence-electron chi connectivity index (χ1n) is 5.95. The molecule has 3 rings (SSSR count). The van der Waals surface area contributed by atoms with Gasteiger partial charge in [0.15, 0.2) is 5.65 Å². The lowest BCUT2D eigenvalue weighted by Gasteiger charge is -2.08. The first kappa shape index (κ1) is 13.5. The Labute approximate surface area is 128 Å². The van der Waals surface area contributed by atoms with E-state index in [-0.39, 0.29) is 11.7 Å². The van der Waals surface area contributed by atoms with Crippen molar-refractivity contribution < 1.29 is 4.39 Å². The lowest BCUT2D eigenvalue weighted by molar-refractivity contribution is 0.616. The zero-order chi connectivity index (χ0) is 14.3. The highest BCUT2D eigenvalue weighted by molar-refractivity contribution is 9.10. The predicted molar refractivity (Wildman–Crippen MR) is 80.8 cm³/mol. The van der Waals surface area contributed by atoms with Gasteiger partial charge in [0.25, 0.3) is 0 Å². The molecular weight excluding hydrogens is 345 g/mol. The molecule has 0 aliphatic rings. The Morgan fingerprint density at radius 1 is 1.35 bits per heavy atom. The van der Waals surface area contributed by atoms with E-state index in [4.69, 9.17) is 11.6 Å². The van der Waals surface area contributed by atoms with Gasteiger partial charge in [0.05, 0.1) is 11.6 Å². The van der Waals surface area contributed by atoms with E-state index in [1.54, 1.807) is 22.9 Å². The lowest BCUT2D eigenvalue weighted by atomic mass is 10.3. The van der Waals surface area contributed by atoms with E-state index >= 15 is 0 Å². The van der Waals surface area contributed by atoms with Crippen molar-refractivity contribution in [2.45, 2.75) is 12.8 Å². The number of aryl methyl sites for hydroxylation is 1. The molecule has 0 aliphatic carbocycles. The molecule has 0 fully saturated rings. The van der Waals surface area contributed by atoms with E-state index in [1.165, 1.54) is 6.07 Å². The Morgan fingerprint density at radius 3 is 2.85 bits per heavy atom. The van der Waals surface area contributed by atoms with Crippen LogP contribution in [0, 0.1) is 12.7 Å². The first-order valence-corrected chi connectivity index (χ1v) is 7.28. The molecule has 0 atom stereocenters. The molecule has 0 spiro atoms. The van der Waals surface area contributed by atoms with Crippen LogP contribution in [0.5, 0.6) is 0 Å². The summed E-state index contributed by atoms with van der Waals surface area (Å²) < 4.78 is 16.5. The largest absolute Gasteiger partial charge is 0.277 e. The van der Waals surface area contributed by atoms with Gasteiger partial charge in [0.1, 0.15) is 17.2 Å². The highest BCUT2D eigenvalue weighted by atomic mass is 79.9. The van der Waals surface area contributed by atoms with Crippen molar-refractivity contribution >= 4 is 38.7 Å². The van der Waals surface area contributed by atoms with Gasteiger partial charge in [-0.25, -0.2) is 14.4 Å². The number of fused-ring (bicyclic) bond motifs is 1. The molecule has 0 bridgehead atoms. The highest BCUT2D eigenvalue weighted by Crippen LogP contribution is 2.25. The normalized spacial score (nSPS) is 11.2. The molecule has 6 heteroatoms. The Morgan fingerprint density at radius 2 is 2.15 bits per heavy atom. The number of alkyl halides is 1. The second-order valence-electron chi connectivity index (χ2n) is 4.45. The van der Waals surface area contributed by atoms with Crippen LogP contribution in [0.2, 0.25) is 0 Å². The third kappa shape index (κ3) is 2.21. The summed E-state index contributed by atoms with van der Waals surface area (Å²) in [6.07, 6.45) is 1.73. The number of halogens is 3. The van der Waals surface area contributed by atoms with Gasteiger partial charge in [0, 0.05) is 10.7 Å². The molecule has 3 nitrogen and oxygen atoms in total. The van der Waals surface area contributed by atoms with Crippen molar-refractivity contribution in [1.82, 2.24) is 14.5 Å². The molecule has 0 radical (unpaired) electrons. The zero-order valence-electron chi connectivity index (χ0n) is 10.6. The van der Waals surface area contributed by atoms with E-state index in [9.17, 15) is 4.39 Å². The maximum absolute atomic E-state index is 14.2. The molecule has 0 aliphatic heterocycles.